The predicted molar refractivity (Wildman–Crippen MR) is 91.1 cm³/mol. The van der Waals surface area contributed by atoms with Crippen LogP contribution in [0.5, 0.6) is 0 Å². The van der Waals surface area contributed by atoms with Gasteiger partial charge in [0.1, 0.15) is 0 Å². The third-order valence-electron chi connectivity index (χ3n) is 3.01. The van der Waals surface area contributed by atoms with Gasteiger partial charge in [0.25, 0.3) is 0 Å². The minimum atomic E-state index is -0.424. The van der Waals surface area contributed by atoms with Gasteiger partial charge in [0, 0.05) is 36.7 Å². The third-order valence-corrected chi connectivity index (χ3v) is 3.01. The first-order valence-electron chi connectivity index (χ1n) is 7.64. The minimum absolute atomic E-state index is 0.0269. The predicted octanol–water partition coefficient (Wildman–Crippen LogP) is 2.53. The molecule has 0 heterocycles. The zero-order valence-electron chi connectivity index (χ0n) is 14.2. The summed E-state index contributed by atoms with van der Waals surface area (Å²) in [6.45, 7) is 7.43. The van der Waals surface area contributed by atoms with Crippen LogP contribution in [0.1, 0.15) is 40.5 Å². The fraction of sp³-hybridized carbons (Fsp3) is 0.471. The number of rotatable bonds is 6. The van der Waals surface area contributed by atoms with E-state index in [4.69, 9.17) is 0 Å². The number of hydrogen-bond acceptors (Lipinski definition) is 3. The topological polar surface area (TPSA) is 87.3 Å². The van der Waals surface area contributed by atoms with Crippen molar-refractivity contribution in [2.75, 3.05) is 17.2 Å². The maximum Gasteiger partial charge on any atom is 0.225 e. The van der Waals surface area contributed by atoms with Crippen LogP contribution in [-0.2, 0) is 14.4 Å². The van der Waals surface area contributed by atoms with Gasteiger partial charge in [0.15, 0.2) is 0 Å². The van der Waals surface area contributed by atoms with Gasteiger partial charge in [-0.1, -0.05) is 26.8 Å². The summed E-state index contributed by atoms with van der Waals surface area (Å²) < 4.78 is 0. The summed E-state index contributed by atoms with van der Waals surface area (Å²) in [7, 11) is 0. The van der Waals surface area contributed by atoms with Crippen molar-refractivity contribution in [1.82, 2.24) is 5.32 Å². The number of carbonyl (C=O) groups is 3. The van der Waals surface area contributed by atoms with Crippen LogP contribution in [0.4, 0.5) is 11.4 Å². The van der Waals surface area contributed by atoms with E-state index in [1.54, 1.807) is 24.3 Å². The van der Waals surface area contributed by atoms with Gasteiger partial charge in [-0.3, -0.25) is 14.4 Å². The SMILES string of the molecule is CC(=O)Nc1cccc(NC(=O)CCCNC(=O)C(C)(C)C)c1. The van der Waals surface area contributed by atoms with Crippen LogP contribution >= 0.6 is 0 Å². The number of hydrogen-bond donors (Lipinski definition) is 3. The molecular weight excluding hydrogens is 294 g/mol. The van der Waals surface area contributed by atoms with Crippen LogP contribution in [0.15, 0.2) is 24.3 Å². The van der Waals surface area contributed by atoms with Gasteiger partial charge < -0.3 is 16.0 Å². The second kappa shape index (κ2) is 8.31. The molecule has 0 unspecified atom stereocenters. The van der Waals surface area contributed by atoms with E-state index in [9.17, 15) is 14.4 Å². The molecule has 3 N–H and O–H groups in total. The first-order chi connectivity index (χ1) is 10.7. The molecule has 0 bridgehead atoms. The molecule has 6 heteroatoms. The van der Waals surface area contributed by atoms with E-state index in [1.807, 2.05) is 20.8 Å². The van der Waals surface area contributed by atoms with Crippen LogP contribution in [0.3, 0.4) is 0 Å². The van der Waals surface area contributed by atoms with Crippen LogP contribution in [0, 0.1) is 5.41 Å². The average Bonchev–Trinajstić information content (AvgIpc) is 2.42. The third kappa shape index (κ3) is 7.44. The van der Waals surface area contributed by atoms with Crippen molar-refractivity contribution < 1.29 is 14.4 Å². The molecule has 1 rings (SSSR count). The smallest absolute Gasteiger partial charge is 0.225 e. The van der Waals surface area contributed by atoms with Crippen molar-refractivity contribution in [3.8, 4) is 0 Å². The Hall–Kier alpha value is -2.37. The normalized spacial score (nSPS) is 10.8. The number of nitrogens with one attached hydrogen (secondary N) is 3. The van der Waals surface area contributed by atoms with Crippen molar-refractivity contribution in [2.24, 2.45) is 5.41 Å². The van der Waals surface area contributed by atoms with Crippen LogP contribution in [0.25, 0.3) is 0 Å². The Bertz CT molecular complexity index is 577. The lowest BCUT2D eigenvalue weighted by Crippen LogP contribution is -2.35. The van der Waals surface area contributed by atoms with E-state index in [1.165, 1.54) is 6.92 Å². The number of benzene rings is 1. The van der Waals surface area contributed by atoms with Crippen molar-refractivity contribution >= 4 is 29.1 Å². The summed E-state index contributed by atoms with van der Waals surface area (Å²) in [5.74, 6) is -0.320. The summed E-state index contributed by atoms with van der Waals surface area (Å²) >= 11 is 0. The van der Waals surface area contributed by atoms with E-state index in [0.717, 1.165) is 0 Å². The van der Waals surface area contributed by atoms with Crippen molar-refractivity contribution in [3.05, 3.63) is 24.3 Å². The highest BCUT2D eigenvalue weighted by Crippen LogP contribution is 2.15. The highest BCUT2D eigenvalue weighted by Gasteiger charge is 2.20. The molecule has 0 aliphatic carbocycles. The number of carbonyl (C=O) groups excluding carboxylic acids is 3. The monoisotopic (exact) mass is 319 g/mol. The van der Waals surface area contributed by atoms with Gasteiger partial charge in [-0.25, -0.2) is 0 Å². The molecule has 1 aromatic carbocycles. The molecule has 0 aliphatic rings. The second-order valence-electron chi connectivity index (χ2n) is 6.42. The van der Waals surface area contributed by atoms with Crippen LogP contribution in [-0.4, -0.2) is 24.3 Å². The molecule has 126 valence electrons. The summed E-state index contributed by atoms with van der Waals surface area (Å²) in [6, 6.07) is 6.95. The zero-order valence-corrected chi connectivity index (χ0v) is 14.2. The van der Waals surface area contributed by atoms with Gasteiger partial charge in [-0.05, 0) is 24.6 Å². The second-order valence-corrected chi connectivity index (χ2v) is 6.42. The van der Waals surface area contributed by atoms with Gasteiger partial charge >= 0.3 is 0 Å². The van der Waals surface area contributed by atoms with Gasteiger partial charge in [-0.2, -0.15) is 0 Å². The van der Waals surface area contributed by atoms with E-state index < -0.39 is 5.41 Å². The average molecular weight is 319 g/mol. The quantitative estimate of drug-likeness (QED) is 0.704. The van der Waals surface area contributed by atoms with Crippen molar-refractivity contribution in [1.29, 1.82) is 0 Å². The molecule has 0 fully saturated rings. The summed E-state index contributed by atoms with van der Waals surface area (Å²) in [4.78, 5) is 34.6. The maximum absolute atomic E-state index is 11.9. The molecule has 1 aromatic rings. The van der Waals surface area contributed by atoms with Crippen molar-refractivity contribution in [3.63, 3.8) is 0 Å². The largest absolute Gasteiger partial charge is 0.356 e. The number of anilines is 2. The first-order valence-corrected chi connectivity index (χ1v) is 7.64. The Morgan fingerprint density at radius 3 is 2.22 bits per heavy atom. The highest BCUT2D eigenvalue weighted by molar-refractivity contribution is 5.93. The van der Waals surface area contributed by atoms with E-state index in [-0.39, 0.29) is 17.7 Å². The molecule has 6 nitrogen and oxygen atoms in total. The molecule has 0 aliphatic heterocycles. The maximum atomic E-state index is 11.9. The van der Waals surface area contributed by atoms with Crippen LogP contribution < -0.4 is 16.0 Å². The highest BCUT2D eigenvalue weighted by atomic mass is 16.2. The Labute approximate surface area is 137 Å². The molecule has 23 heavy (non-hydrogen) atoms. The van der Waals surface area contributed by atoms with Crippen molar-refractivity contribution in [2.45, 2.75) is 40.5 Å². The van der Waals surface area contributed by atoms with E-state index >= 15 is 0 Å². The van der Waals surface area contributed by atoms with Crippen LogP contribution in [0.2, 0.25) is 0 Å². The Balaban J connectivity index is 2.37. The molecule has 0 aromatic heterocycles. The number of amides is 3. The minimum Gasteiger partial charge on any atom is -0.356 e. The lowest BCUT2D eigenvalue weighted by molar-refractivity contribution is -0.128. The molecule has 0 saturated heterocycles. The first kappa shape index (κ1) is 18.7. The summed E-state index contributed by atoms with van der Waals surface area (Å²) in [6.07, 6.45) is 0.883. The van der Waals surface area contributed by atoms with E-state index in [2.05, 4.69) is 16.0 Å². The lowest BCUT2D eigenvalue weighted by atomic mass is 9.96. The lowest BCUT2D eigenvalue weighted by Gasteiger charge is -2.17. The fourth-order valence-electron chi connectivity index (χ4n) is 1.82. The Morgan fingerprint density at radius 2 is 1.65 bits per heavy atom. The van der Waals surface area contributed by atoms with E-state index in [0.29, 0.717) is 30.8 Å². The standard InChI is InChI=1S/C17H25N3O3/c1-12(21)19-13-7-5-8-14(11-13)20-15(22)9-6-10-18-16(23)17(2,3)4/h5,7-8,11H,6,9-10H2,1-4H3,(H,18,23)(H,19,21)(H,20,22). The van der Waals surface area contributed by atoms with Gasteiger partial charge in [0.2, 0.25) is 17.7 Å². The molecule has 0 spiro atoms. The fourth-order valence-corrected chi connectivity index (χ4v) is 1.82. The summed E-state index contributed by atoms with van der Waals surface area (Å²) in [5, 5.41) is 8.24. The van der Waals surface area contributed by atoms with Gasteiger partial charge in [-0.15, -0.1) is 0 Å². The molecule has 0 atom stereocenters. The van der Waals surface area contributed by atoms with Gasteiger partial charge in [0.05, 0.1) is 0 Å². The Kier molecular flexibility index (Phi) is 6.75. The Morgan fingerprint density at radius 1 is 1.04 bits per heavy atom. The zero-order chi connectivity index (χ0) is 17.5. The molecule has 0 saturated carbocycles. The summed E-state index contributed by atoms with van der Waals surface area (Å²) in [5.41, 5.74) is 0.833. The molecular formula is C17H25N3O3. The molecule has 0 radical (unpaired) electrons. The molecule has 3 amide bonds.